The number of hydrogen-bond acceptors (Lipinski definition) is 13. The smallest absolute Gasteiger partial charge is 0.220 e. The molecule has 0 aromatic heterocycles. The van der Waals surface area contributed by atoms with Crippen LogP contribution in [0, 0.1) is 0 Å². The number of aliphatic hydroxyl groups is 8. The van der Waals surface area contributed by atoms with Crippen molar-refractivity contribution >= 4 is 5.91 Å². The first-order chi connectivity index (χ1) is 43.1. The molecule has 2 aliphatic heterocycles. The first kappa shape index (κ1) is 81.5. The van der Waals surface area contributed by atoms with Crippen LogP contribution in [0.5, 0.6) is 0 Å². The first-order valence-electron chi connectivity index (χ1n) is 36.2. The zero-order valence-corrected chi connectivity index (χ0v) is 55.7. The van der Waals surface area contributed by atoms with Crippen LogP contribution in [0.1, 0.15) is 296 Å². The highest BCUT2D eigenvalue weighted by Crippen LogP contribution is 2.30. The second-order valence-electron chi connectivity index (χ2n) is 25.3. The molecule has 14 nitrogen and oxygen atoms in total. The molecule has 12 atom stereocenters. The summed E-state index contributed by atoms with van der Waals surface area (Å²) in [5.41, 5.74) is 0. The van der Waals surface area contributed by atoms with E-state index in [1.54, 1.807) is 6.08 Å². The van der Waals surface area contributed by atoms with E-state index in [0.717, 1.165) is 64.2 Å². The van der Waals surface area contributed by atoms with Gasteiger partial charge in [0, 0.05) is 6.42 Å². The molecule has 0 bridgehead atoms. The van der Waals surface area contributed by atoms with E-state index in [0.29, 0.717) is 12.8 Å². The Bertz CT molecular complexity index is 1750. The summed E-state index contributed by atoms with van der Waals surface area (Å²) in [7, 11) is 0. The maximum atomic E-state index is 13.3. The van der Waals surface area contributed by atoms with Crippen LogP contribution >= 0.6 is 0 Å². The van der Waals surface area contributed by atoms with Crippen molar-refractivity contribution in [2.45, 2.75) is 370 Å². The molecule has 2 fully saturated rings. The minimum absolute atomic E-state index is 0.257. The van der Waals surface area contributed by atoms with Gasteiger partial charge in [-0.3, -0.25) is 4.79 Å². The van der Waals surface area contributed by atoms with Crippen LogP contribution in [0.4, 0.5) is 0 Å². The van der Waals surface area contributed by atoms with Crippen molar-refractivity contribution in [3.05, 3.63) is 72.9 Å². The number of carbonyl (C=O) groups excluding carboxylic acids is 1. The van der Waals surface area contributed by atoms with Crippen LogP contribution in [-0.2, 0) is 23.7 Å². The van der Waals surface area contributed by atoms with Gasteiger partial charge in [-0.25, -0.2) is 0 Å². The maximum absolute atomic E-state index is 13.3. The number of carbonyl (C=O) groups is 1. The monoisotopic (exact) mass is 1240 g/mol. The summed E-state index contributed by atoms with van der Waals surface area (Å²) in [6.07, 6.45) is 62.5. The van der Waals surface area contributed by atoms with Gasteiger partial charge in [0.15, 0.2) is 12.6 Å². The Morgan fingerprint density at radius 3 is 1.19 bits per heavy atom. The van der Waals surface area contributed by atoms with Crippen LogP contribution < -0.4 is 5.32 Å². The molecule has 2 heterocycles. The number of nitrogens with one attached hydrogen (secondary N) is 1. The Morgan fingerprint density at radius 1 is 0.409 bits per heavy atom. The minimum atomic E-state index is -1.80. The fourth-order valence-corrected chi connectivity index (χ4v) is 11.6. The van der Waals surface area contributed by atoms with E-state index < -0.39 is 86.8 Å². The number of rotatable bonds is 59. The Balaban J connectivity index is 1.71. The highest BCUT2D eigenvalue weighted by molar-refractivity contribution is 5.76. The summed E-state index contributed by atoms with van der Waals surface area (Å²) < 4.78 is 22.8. The quantitative estimate of drug-likeness (QED) is 0.0204. The average Bonchev–Trinajstić information content (AvgIpc) is 2.07. The molecule has 9 N–H and O–H groups in total. The molecule has 0 aromatic carbocycles. The largest absolute Gasteiger partial charge is 0.394 e. The van der Waals surface area contributed by atoms with E-state index in [4.69, 9.17) is 18.9 Å². The second-order valence-corrected chi connectivity index (χ2v) is 25.3. The van der Waals surface area contributed by atoms with Crippen molar-refractivity contribution in [2.75, 3.05) is 19.8 Å². The van der Waals surface area contributed by atoms with Crippen molar-refractivity contribution in [3.63, 3.8) is 0 Å². The summed E-state index contributed by atoms with van der Waals surface area (Å²) >= 11 is 0. The lowest BCUT2D eigenvalue weighted by Crippen LogP contribution is -2.65. The van der Waals surface area contributed by atoms with Gasteiger partial charge in [0.1, 0.15) is 48.8 Å². The molecule has 1 amide bonds. The third-order valence-corrected chi connectivity index (χ3v) is 17.3. The Hall–Kier alpha value is -2.57. The van der Waals surface area contributed by atoms with Gasteiger partial charge in [-0.2, -0.15) is 0 Å². The van der Waals surface area contributed by atoms with Gasteiger partial charge >= 0.3 is 0 Å². The van der Waals surface area contributed by atoms with E-state index in [1.165, 1.54) is 199 Å². The fraction of sp³-hybridized carbons (Fsp3) is 0.824. The molecule has 14 heteroatoms. The van der Waals surface area contributed by atoms with Gasteiger partial charge in [-0.1, -0.05) is 279 Å². The van der Waals surface area contributed by atoms with Gasteiger partial charge in [-0.05, 0) is 83.5 Å². The third-order valence-electron chi connectivity index (χ3n) is 17.3. The van der Waals surface area contributed by atoms with Crippen molar-refractivity contribution in [1.29, 1.82) is 0 Å². The predicted octanol–water partition coefficient (Wildman–Crippen LogP) is 15.0. The van der Waals surface area contributed by atoms with Gasteiger partial charge in [0.05, 0.1) is 32.0 Å². The Kier molecular flexibility index (Phi) is 54.0. The number of amides is 1. The van der Waals surface area contributed by atoms with Gasteiger partial charge in [0.25, 0.3) is 0 Å². The maximum Gasteiger partial charge on any atom is 0.220 e. The SMILES string of the molecule is CCCCCCC/C=C\C/C=C\C/C=C\CCCCCCCCCCCCC(=O)NC(COC1OC(CO)C(OC2OC(CO)C(O)C(O)C2O)C(O)C1O)C(O)/C=C/CC/C=C/CC/C=C/CCCCCCCCCCCCCCCCCCCCC. The average molecular weight is 1240 g/mol. The number of allylic oxidation sites excluding steroid dienone is 11. The van der Waals surface area contributed by atoms with E-state index in [2.05, 4.69) is 79.9 Å². The fourth-order valence-electron chi connectivity index (χ4n) is 11.6. The van der Waals surface area contributed by atoms with Gasteiger partial charge in [-0.15, -0.1) is 0 Å². The summed E-state index contributed by atoms with van der Waals surface area (Å²) in [4.78, 5) is 13.3. The number of ether oxygens (including phenoxy) is 4. The number of hydrogen-bond donors (Lipinski definition) is 9. The zero-order valence-electron chi connectivity index (χ0n) is 55.7. The lowest BCUT2D eigenvalue weighted by molar-refractivity contribution is -0.359. The molecular formula is C74H133NO13. The molecular weight excluding hydrogens is 1110 g/mol. The predicted molar refractivity (Wildman–Crippen MR) is 360 cm³/mol. The van der Waals surface area contributed by atoms with Crippen molar-refractivity contribution < 1.29 is 64.6 Å². The Morgan fingerprint density at radius 2 is 0.761 bits per heavy atom. The summed E-state index contributed by atoms with van der Waals surface area (Å²) in [5.74, 6) is -0.257. The summed E-state index contributed by atoms with van der Waals surface area (Å²) in [5, 5.41) is 87.4. The standard InChI is InChI=1S/C74H133NO13/c1-3-5-7-9-11-13-15-17-19-21-23-25-27-29-30-31-32-34-35-37-39-41-43-45-47-49-51-53-55-57-63(78)62(61-85-73-71(84)69(82)72(65(60-77)87-73)88-74-70(83)68(81)67(80)64(59-76)86-74)75-66(79)58-56-54-52-50-48-46-44-42-40-38-36-33-28-26-24-22-20-18-16-14-12-10-8-6-4-2/h16,18,22,24,28,33,39,41,47,49,55,57,62-65,67-74,76-78,80-84H,3-15,17,19-21,23,25-27,29-32,34-38,40,42-46,48,50-54,56,58-61H2,1-2H3,(H,75,79)/b18-16-,24-22-,33-28-,41-39+,49-47+,57-55+. The molecule has 0 aromatic rings. The van der Waals surface area contributed by atoms with Crippen molar-refractivity contribution in [3.8, 4) is 0 Å². The first-order valence-corrected chi connectivity index (χ1v) is 36.2. The zero-order chi connectivity index (χ0) is 63.8. The topological polar surface area (TPSA) is 228 Å². The Labute approximate surface area is 536 Å². The highest BCUT2D eigenvalue weighted by atomic mass is 16.7. The molecule has 2 saturated heterocycles. The van der Waals surface area contributed by atoms with Crippen LogP contribution in [0.25, 0.3) is 0 Å². The van der Waals surface area contributed by atoms with Gasteiger partial charge in [0.2, 0.25) is 5.91 Å². The molecule has 0 radical (unpaired) electrons. The molecule has 12 unspecified atom stereocenters. The molecule has 0 spiro atoms. The van der Waals surface area contributed by atoms with Crippen LogP contribution in [0.15, 0.2) is 72.9 Å². The van der Waals surface area contributed by atoms with Gasteiger partial charge < -0.3 is 65.1 Å². The molecule has 88 heavy (non-hydrogen) atoms. The molecule has 2 rings (SSSR count). The summed E-state index contributed by atoms with van der Waals surface area (Å²) in [6, 6.07) is -0.946. The molecule has 0 aliphatic carbocycles. The van der Waals surface area contributed by atoms with E-state index in [9.17, 15) is 45.6 Å². The number of aliphatic hydroxyl groups excluding tert-OH is 8. The van der Waals surface area contributed by atoms with Crippen molar-refractivity contribution in [1.82, 2.24) is 5.32 Å². The molecule has 512 valence electrons. The lowest BCUT2D eigenvalue weighted by Gasteiger charge is -2.46. The number of unbranched alkanes of at least 4 members (excludes halogenated alkanes) is 36. The minimum Gasteiger partial charge on any atom is -0.394 e. The van der Waals surface area contributed by atoms with E-state index in [1.807, 2.05) is 6.08 Å². The van der Waals surface area contributed by atoms with Crippen LogP contribution in [0.2, 0.25) is 0 Å². The van der Waals surface area contributed by atoms with E-state index >= 15 is 0 Å². The van der Waals surface area contributed by atoms with Crippen LogP contribution in [-0.4, -0.2) is 140 Å². The van der Waals surface area contributed by atoms with Crippen molar-refractivity contribution in [2.24, 2.45) is 0 Å². The lowest BCUT2D eigenvalue weighted by atomic mass is 9.97. The third kappa shape index (κ3) is 41.8. The summed E-state index contributed by atoms with van der Waals surface area (Å²) in [6.45, 7) is 2.79. The second kappa shape index (κ2) is 58.3. The van der Waals surface area contributed by atoms with E-state index in [-0.39, 0.29) is 18.9 Å². The highest BCUT2D eigenvalue weighted by Gasteiger charge is 2.51. The molecule has 2 aliphatic rings. The normalized spacial score (nSPS) is 23.6. The van der Waals surface area contributed by atoms with Crippen LogP contribution in [0.3, 0.4) is 0 Å². The molecule has 0 saturated carbocycles.